The first-order valence-corrected chi connectivity index (χ1v) is 14.0. The van der Waals surface area contributed by atoms with Crippen LogP contribution in [-0.2, 0) is 22.4 Å². The van der Waals surface area contributed by atoms with Gasteiger partial charge in [0.15, 0.2) is 11.6 Å². The fraction of sp³-hybridized carbons (Fsp3) is 0.484. The number of benzene rings is 2. The molecule has 0 fully saturated rings. The molecule has 0 saturated heterocycles. The third-order valence-corrected chi connectivity index (χ3v) is 6.68. The smallest absolute Gasteiger partial charge is 0.303 e. The van der Waals surface area contributed by atoms with Gasteiger partial charge in [0.1, 0.15) is 17.2 Å². The quantitative estimate of drug-likeness (QED) is 0.176. The number of Topliss-reactive ketones (excluding diaryl/α,β-unsaturated/α-hetero) is 2. The molecule has 40 heavy (non-hydrogen) atoms. The molecule has 2 aromatic carbocycles. The summed E-state index contributed by atoms with van der Waals surface area (Å²) < 4.78 is 17.8. The number of hydrogen-bond acceptors (Lipinski definition) is 7. The Labute approximate surface area is 234 Å². The molecule has 1 aliphatic rings. The van der Waals surface area contributed by atoms with Gasteiger partial charge < -0.3 is 24.4 Å². The molecule has 0 unspecified atom stereocenters. The average Bonchev–Trinajstić information content (AvgIpc) is 2.92. The zero-order valence-electron chi connectivity index (χ0n) is 23.0. The molecule has 3 rings (SSSR count). The van der Waals surface area contributed by atoms with Gasteiger partial charge in [0, 0.05) is 36.8 Å². The van der Waals surface area contributed by atoms with Crippen molar-refractivity contribution in [1.29, 1.82) is 0 Å². The SMILES string of the molecule is CCCc1c(OCCCCCOc2ccc(C(=O)CCCC(=O)O)cc2CCC(=O)O)ccc2c1OCCC2=O. The van der Waals surface area contributed by atoms with E-state index in [1.807, 2.05) is 6.07 Å². The largest absolute Gasteiger partial charge is 0.493 e. The number of hydrogen-bond donors (Lipinski definition) is 2. The fourth-order valence-electron chi connectivity index (χ4n) is 4.62. The summed E-state index contributed by atoms with van der Waals surface area (Å²) in [6.07, 6.45) is 4.94. The van der Waals surface area contributed by atoms with Gasteiger partial charge in [-0.25, -0.2) is 0 Å². The number of ketones is 2. The van der Waals surface area contributed by atoms with Crippen LogP contribution in [0, 0.1) is 0 Å². The van der Waals surface area contributed by atoms with Crippen molar-refractivity contribution in [3.63, 3.8) is 0 Å². The van der Waals surface area contributed by atoms with Crippen LogP contribution in [0.5, 0.6) is 17.2 Å². The molecule has 9 heteroatoms. The molecule has 0 aliphatic carbocycles. The van der Waals surface area contributed by atoms with Crippen molar-refractivity contribution in [2.45, 2.75) is 77.6 Å². The van der Waals surface area contributed by atoms with E-state index in [4.69, 9.17) is 24.4 Å². The Bertz CT molecular complexity index is 1200. The minimum atomic E-state index is -0.947. The molecule has 0 atom stereocenters. The van der Waals surface area contributed by atoms with E-state index in [2.05, 4.69) is 6.92 Å². The van der Waals surface area contributed by atoms with E-state index >= 15 is 0 Å². The van der Waals surface area contributed by atoms with E-state index < -0.39 is 11.9 Å². The average molecular weight is 555 g/mol. The van der Waals surface area contributed by atoms with Crippen LogP contribution in [0.2, 0.25) is 0 Å². The van der Waals surface area contributed by atoms with Crippen LogP contribution in [0.1, 0.15) is 96.6 Å². The lowest BCUT2D eigenvalue weighted by Gasteiger charge is -2.22. The van der Waals surface area contributed by atoms with Crippen molar-refractivity contribution in [1.82, 2.24) is 0 Å². The van der Waals surface area contributed by atoms with Gasteiger partial charge in [0.05, 0.1) is 25.4 Å². The third-order valence-electron chi connectivity index (χ3n) is 6.68. The first-order valence-electron chi connectivity index (χ1n) is 14.0. The van der Waals surface area contributed by atoms with Gasteiger partial charge in [-0.15, -0.1) is 0 Å². The van der Waals surface area contributed by atoms with Crippen molar-refractivity contribution >= 4 is 23.5 Å². The molecular weight excluding hydrogens is 516 g/mol. The summed E-state index contributed by atoms with van der Waals surface area (Å²) in [5.74, 6) is 0.00724. The first kappa shape index (κ1) is 30.7. The van der Waals surface area contributed by atoms with E-state index in [0.717, 1.165) is 43.4 Å². The summed E-state index contributed by atoms with van der Waals surface area (Å²) in [7, 11) is 0. The predicted molar refractivity (Wildman–Crippen MR) is 148 cm³/mol. The van der Waals surface area contributed by atoms with E-state index in [1.165, 1.54) is 0 Å². The number of aryl methyl sites for hydroxylation is 1. The molecule has 1 aliphatic heterocycles. The van der Waals surface area contributed by atoms with E-state index in [0.29, 0.717) is 54.4 Å². The number of carbonyl (C=O) groups is 4. The molecule has 0 spiro atoms. The zero-order valence-corrected chi connectivity index (χ0v) is 23.0. The Morgan fingerprint density at radius 2 is 1.55 bits per heavy atom. The predicted octanol–water partition coefficient (Wildman–Crippen LogP) is 5.69. The molecule has 2 N–H and O–H groups in total. The number of carboxylic acid groups (broad SMARTS) is 2. The third kappa shape index (κ3) is 9.10. The lowest BCUT2D eigenvalue weighted by atomic mass is 9.98. The molecule has 0 aromatic heterocycles. The highest BCUT2D eigenvalue weighted by Crippen LogP contribution is 2.36. The van der Waals surface area contributed by atoms with Gasteiger partial charge in [-0.05, 0) is 74.4 Å². The van der Waals surface area contributed by atoms with E-state index in [9.17, 15) is 19.2 Å². The Morgan fingerprint density at radius 1 is 0.850 bits per heavy atom. The van der Waals surface area contributed by atoms with Crippen molar-refractivity contribution in [2.24, 2.45) is 0 Å². The Hall–Kier alpha value is -3.88. The standard InChI is InChI=1S/C31H38O9/c1-2-7-24-28(14-12-23-26(33)16-19-40-31(23)24)39-18-5-3-4-17-38-27-13-10-21(20-22(27)11-15-30(36)37)25(32)8-6-9-29(34)35/h10,12-14,20H,2-9,11,15-19H2,1H3,(H,34,35)(H,36,37). The summed E-state index contributed by atoms with van der Waals surface area (Å²) in [5, 5.41) is 17.9. The summed E-state index contributed by atoms with van der Waals surface area (Å²) in [6, 6.07) is 8.62. The molecular formula is C31H38O9. The van der Waals surface area contributed by atoms with Crippen LogP contribution in [0.25, 0.3) is 0 Å². The van der Waals surface area contributed by atoms with Gasteiger partial charge in [-0.3, -0.25) is 19.2 Å². The van der Waals surface area contributed by atoms with Gasteiger partial charge in [-0.2, -0.15) is 0 Å². The highest BCUT2D eigenvalue weighted by Gasteiger charge is 2.23. The first-order chi connectivity index (χ1) is 19.3. The molecule has 0 amide bonds. The molecule has 9 nitrogen and oxygen atoms in total. The van der Waals surface area contributed by atoms with Crippen LogP contribution in [0.15, 0.2) is 30.3 Å². The minimum absolute atomic E-state index is 0.0769. The van der Waals surface area contributed by atoms with Crippen LogP contribution in [0.3, 0.4) is 0 Å². The second kappa shape index (κ2) is 15.6. The van der Waals surface area contributed by atoms with Gasteiger partial charge in [0.25, 0.3) is 0 Å². The minimum Gasteiger partial charge on any atom is -0.493 e. The normalized spacial score (nSPS) is 12.4. The Kier molecular flexibility index (Phi) is 12.0. The topological polar surface area (TPSA) is 136 Å². The van der Waals surface area contributed by atoms with Crippen LogP contribution >= 0.6 is 0 Å². The number of rotatable bonds is 18. The highest BCUT2D eigenvalue weighted by molar-refractivity contribution is 6.00. The second-order valence-electron chi connectivity index (χ2n) is 9.83. The van der Waals surface area contributed by atoms with Crippen molar-refractivity contribution < 1.29 is 43.6 Å². The zero-order chi connectivity index (χ0) is 28.9. The van der Waals surface area contributed by atoms with E-state index in [1.54, 1.807) is 24.3 Å². The molecule has 216 valence electrons. The highest BCUT2D eigenvalue weighted by atomic mass is 16.5. The number of carbonyl (C=O) groups excluding carboxylic acids is 2. The van der Waals surface area contributed by atoms with E-state index in [-0.39, 0.29) is 43.7 Å². The van der Waals surface area contributed by atoms with Gasteiger partial charge in [0.2, 0.25) is 0 Å². The maximum atomic E-state index is 12.4. The van der Waals surface area contributed by atoms with Gasteiger partial charge >= 0.3 is 11.9 Å². The number of unbranched alkanes of at least 4 members (excludes halogenated alkanes) is 2. The second-order valence-corrected chi connectivity index (χ2v) is 9.83. The summed E-state index contributed by atoms with van der Waals surface area (Å²) in [4.78, 5) is 46.5. The van der Waals surface area contributed by atoms with Crippen LogP contribution in [-0.4, -0.2) is 53.5 Å². The van der Waals surface area contributed by atoms with Crippen molar-refractivity contribution in [3.8, 4) is 17.2 Å². The van der Waals surface area contributed by atoms with Crippen LogP contribution < -0.4 is 14.2 Å². The van der Waals surface area contributed by atoms with Gasteiger partial charge in [-0.1, -0.05) is 13.3 Å². The number of fused-ring (bicyclic) bond motifs is 1. The molecule has 0 bridgehead atoms. The lowest BCUT2D eigenvalue weighted by Crippen LogP contribution is -2.17. The van der Waals surface area contributed by atoms with Crippen molar-refractivity contribution in [2.75, 3.05) is 19.8 Å². The Balaban J connectivity index is 1.49. The maximum absolute atomic E-state index is 12.4. The monoisotopic (exact) mass is 554 g/mol. The maximum Gasteiger partial charge on any atom is 0.303 e. The fourth-order valence-corrected chi connectivity index (χ4v) is 4.62. The number of ether oxygens (including phenoxy) is 3. The lowest BCUT2D eigenvalue weighted by molar-refractivity contribution is -0.138. The number of carboxylic acids is 2. The summed E-state index contributed by atoms with van der Waals surface area (Å²) in [5.41, 5.74) is 2.66. The molecule has 0 radical (unpaired) electrons. The summed E-state index contributed by atoms with van der Waals surface area (Å²) in [6.45, 7) is 3.43. The van der Waals surface area contributed by atoms with Crippen LogP contribution in [0.4, 0.5) is 0 Å². The number of aliphatic carboxylic acids is 2. The molecule has 2 aromatic rings. The summed E-state index contributed by atoms with van der Waals surface area (Å²) >= 11 is 0. The van der Waals surface area contributed by atoms with Crippen molar-refractivity contribution in [3.05, 3.63) is 52.6 Å². The Morgan fingerprint density at radius 3 is 2.25 bits per heavy atom. The molecule has 0 saturated carbocycles. The molecule has 1 heterocycles.